The van der Waals surface area contributed by atoms with Crippen LogP contribution in [0.5, 0.6) is 0 Å². The number of piperidine rings is 1. The maximum absolute atomic E-state index is 11.2. The number of nitrogens with two attached hydrogens (primary N) is 1. The Morgan fingerprint density at radius 2 is 2.12 bits per heavy atom. The summed E-state index contributed by atoms with van der Waals surface area (Å²) in [5.41, 5.74) is 7.84. The lowest BCUT2D eigenvalue weighted by atomic mass is 10.1. The second-order valence-corrected chi connectivity index (χ2v) is 7.25. The molecule has 0 radical (unpaired) electrons. The van der Waals surface area contributed by atoms with E-state index in [0.29, 0.717) is 0 Å². The molecule has 0 aromatic carbocycles. The lowest BCUT2D eigenvalue weighted by Crippen LogP contribution is -2.32. The van der Waals surface area contributed by atoms with Crippen molar-refractivity contribution in [2.45, 2.75) is 19.3 Å². The van der Waals surface area contributed by atoms with E-state index in [1.807, 2.05) is 17.5 Å². The standard InChI is InChI=1S/C15H17N5O2S2/c16-13(21)14(22)19-17-9-11-12(10-5-4-8-23-10)18-15(24-11)20-6-2-1-3-7-20/h4-5,8-9H,1-3,6-7H2,(H2,16,21)(H,19,22). The molecule has 126 valence electrons. The topological polar surface area (TPSA) is 101 Å². The average Bonchev–Trinajstić information content (AvgIpc) is 3.24. The number of hydrazone groups is 1. The molecule has 1 aliphatic heterocycles. The summed E-state index contributed by atoms with van der Waals surface area (Å²) in [6, 6.07) is 3.97. The molecule has 1 aliphatic rings. The van der Waals surface area contributed by atoms with E-state index in [9.17, 15) is 9.59 Å². The molecular weight excluding hydrogens is 346 g/mol. The number of nitrogens with zero attached hydrogens (tertiary/aromatic N) is 3. The first kappa shape index (κ1) is 16.6. The molecule has 3 N–H and O–H groups in total. The molecule has 1 saturated heterocycles. The zero-order chi connectivity index (χ0) is 16.9. The summed E-state index contributed by atoms with van der Waals surface area (Å²) in [7, 11) is 0. The van der Waals surface area contributed by atoms with Gasteiger partial charge in [0.05, 0.1) is 16.0 Å². The summed E-state index contributed by atoms with van der Waals surface area (Å²) in [4.78, 5) is 30.8. The molecule has 0 bridgehead atoms. The molecule has 0 aliphatic carbocycles. The van der Waals surface area contributed by atoms with E-state index in [2.05, 4.69) is 15.4 Å². The molecule has 0 unspecified atom stereocenters. The Bertz CT molecular complexity index is 748. The minimum atomic E-state index is -1.07. The van der Waals surface area contributed by atoms with Gasteiger partial charge in [0.15, 0.2) is 5.13 Å². The second kappa shape index (κ2) is 7.54. The molecule has 2 amide bonds. The van der Waals surface area contributed by atoms with Crippen LogP contribution in [-0.4, -0.2) is 36.1 Å². The zero-order valence-electron chi connectivity index (χ0n) is 12.9. The Morgan fingerprint density at radius 3 is 2.79 bits per heavy atom. The quantitative estimate of drug-likeness (QED) is 0.491. The number of amides is 2. The van der Waals surface area contributed by atoms with Crippen molar-refractivity contribution in [3.05, 3.63) is 22.4 Å². The molecule has 24 heavy (non-hydrogen) atoms. The highest BCUT2D eigenvalue weighted by atomic mass is 32.1. The first-order valence-electron chi connectivity index (χ1n) is 7.57. The SMILES string of the molecule is NC(=O)C(=O)NN=Cc1sc(N2CCCCC2)nc1-c1cccs1. The van der Waals surface area contributed by atoms with Crippen molar-refractivity contribution >= 4 is 45.8 Å². The Morgan fingerprint density at radius 1 is 1.33 bits per heavy atom. The molecule has 0 spiro atoms. The summed E-state index contributed by atoms with van der Waals surface area (Å²) in [6.45, 7) is 2.01. The number of carbonyl (C=O) groups is 2. The molecule has 7 nitrogen and oxygen atoms in total. The van der Waals surface area contributed by atoms with Gasteiger partial charge in [-0.05, 0) is 30.7 Å². The molecule has 0 atom stereocenters. The van der Waals surface area contributed by atoms with Crippen LogP contribution in [0.25, 0.3) is 10.6 Å². The van der Waals surface area contributed by atoms with Gasteiger partial charge in [-0.2, -0.15) is 5.10 Å². The van der Waals surface area contributed by atoms with Gasteiger partial charge >= 0.3 is 11.8 Å². The van der Waals surface area contributed by atoms with Crippen LogP contribution in [-0.2, 0) is 9.59 Å². The van der Waals surface area contributed by atoms with Gasteiger partial charge in [0, 0.05) is 13.1 Å². The first-order valence-corrected chi connectivity index (χ1v) is 9.27. The van der Waals surface area contributed by atoms with E-state index in [1.165, 1.54) is 36.8 Å². The predicted molar refractivity (Wildman–Crippen MR) is 96.4 cm³/mol. The zero-order valence-corrected chi connectivity index (χ0v) is 14.5. The largest absolute Gasteiger partial charge is 0.361 e. The smallest absolute Gasteiger partial charge is 0.329 e. The third-order valence-corrected chi connectivity index (χ3v) is 5.52. The molecule has 1 fully saturated rings. The maximum Gasteiger partial charge on any atom is 0.329 e. The fourth-order valence-corrected chi connectivity index (χ4v) is 4.22. The fraction of sp³-hybridized carbons (Fsp3) is 0.333. The molecule has 0 saturated carbocycles. The lowest BCUT2D eigenvalue weighted by molar-refractivity contribution is -0.137. The van der Waals surface area contributed by atoms with Crippen molar-refractivity contribution in [1.29, 1.82) is 0 Å². The third kappa shape index (κ3) is 3.80. The molecule has 3 heterocycles. The summed E-state index contributed by atoms with van der Waals surface area (Å²) in [5, 5.41) is 6.77. The van der Waals surface area contributed by atoms with E-state index >= 15 is 0 Å². The van der Waals surface area contributed by atoms with Crippen LogP contribution in [0.1, 0.15) is 24.1 Å². The lowest BCUT2D eigenvalue weighted by Gasteiger charge is -2.25. The van der Waals surface area contributed by atoms with E-state index in [-0.39, 0.29) is 0 Å². The van der Waals surface area contributed by atoms with Gasteiger partial charge in [-0.15, -0.1) is 11.3 Å². The van der Waals surface area contributed by atoms with Crippen LogP contribution in [0.2, 0.25) is 0 Å². The van der Waals surface area contributed by atoms with Gasteiger partial charge in [0.25, 0.3) is 0 Å². The predicted octanol–water partition coefficient (Wildman–Crippen LogP) is 1.80. The average molecular weight is 363 g/mol. The summed E-state index contributed by atoms with van der Waals surface area (Å²) in [6.07, 6.45) is 5.12. The van der Waals surface area contributed by atoms with Crippen molar-refractivity contribution in [2.24, 2.45) is 10.8 Å². The van der Waals surface area contributed by atoms with Gasteiger partial charge in [-0.3, -0.25) is 9.59 Å². The highest BCUT2D eigenvalue weighted by Crippen LogP contribution is 2.35. The number of hydrogen-bond acceptors (Lipinski definition) is 7. The van der Waals surface area contributed by atoms with E-state index in [4.69, 9.17) is 10.7 Å². The van der Waals surface area contributed by atoms with Crippen LogP contribution in [0.15, 0.2) is 22.6 Å². The van der Waals surface area contributed by atoms with E-state index < -0.39 is 11.8 Å². The van der Waals surface area contributed by atoms with Crippen LogP contribution in [0.4, 0.5) is 5.13 Å². The first-order chi connectivity index (χ1) is 11.6. The highest BCUT2D eigenvalue weighted by molar-refractivity contribution is 7.18. The van der Waals surface area contributed by atoms with Crippen molar-refractivity contribution in [3.8, 4) is 10.6 Å². The number of aromatic nitrogens is 1. The van der Waals surface area contributed by atoms with Crippen LogP contribution in [0.3, 0.4) is 0 Å². The highest BCUT2D eigenvalue weighted by Gasteiger charge is 2.19. The molecule has 3 rings (SSSR count). The number of thiophene rings is 1. The summed E-state index contributed by atoms with van der Waals surface area (Å²) < 4.78 is 0. The summed E-state index contributed by atoms with van der Waals surface area (Å²) >= 11 is 3.13. The molecule has 2 aromatic heterocycles. The van der Waals surface area contributed by atoms with Crippen molar-refractivity contribution in [2.75, 3.05) is 18.0 Å². The monoisotopic (exact) mass is 363 g/mol. The number of carbonyl (C=O) groups excluding carboxylic acids is 2. The van der Waals surface area contributed by atoms with Crippen LogP contribution in [0, 0.1) is 0 Å². The Kier molecular flexibility index (Phi) is 5.21. The minimum absolute atomic E-state index is 0.836. The fourth-order valence-electron chi connectivity index (χ4n) is 2.42. The minimum Gasteiger partial charge on any atom is -0.361 e. The van der Waals surface area contributed by atoms with E-state index in [0.717, 1.165) is 33.7 Å². The molecule has 9 heteroatoms. The van der Waals surface area contributed by atoms with Crippen LogP contribution < -0.4 is 16.1 Å². The molecule has 2 aromatic rings. The van der Waals surface area contributed by atoms with Crippen molar-refractivity contribution < 1.29 is 9.59 Å². The number of primary amides is 1. The summed E-state index contributed by atoms with van der Waals surface area (Å²) in [5.74, 6) is -2.01. The number of thiazole rings is 1. The van der Waals surface area contributed by atoms with Gasteiger partial charge in [-0.1, -0.05) is 17.4 Å². The Balaban J connectivity index is 1.85. The number of nitrogens with one attached hydrogen (secondary N) is 1. The second-order valence-electron chi connectivity index (χ2n) is 5.30. The van der Waals surface area contributed by atoms with Gasteiger partial charge < -0.3 is 10.6 Å². The normalized spacial score (nSPS) is 14.9. The third-order valence-electron chi connectivity index (χ3n) is 3.59. The van der Waals surface area contributed by atoms with Crippen molar-refractivity contribution in [1.82, 2.24) is 10.4 Å². The number of anilines is 1. The maximum atomic E-state index is 11.2. The number of hydrogen-bond donors (Lipinski definition) is 2. The van der Waals surface area contributed by atoms with E-state index in [1.54, 1.807) is 11.3 Å². The number of rotatable bonds is 4. The van der Waals surface area contributed by atoms with Crippen molar-refractivity contribution in [3.63, 3.8) is 0 Å². The molecular formula is C15H17N5O2S2. The van der Waals surface area contributed by atoms with Gasteiger partial charge in [-0.25, -0.2) is 10.4 Å². The van der Waals surface area contributed by atoms with Crippen LogP contribution >= 0.6 is 22.7 Å². The Labute approximate surface area is 147 Å². The Hall–Kier alpha value is -2.26. The van der Waals surface area contributed by atoms with Gasteiger partial charge in [0.2, 0.25) is 0 Å². The van der Waals surface area contributed by atoms with Gasteiger partial charge in [0.1, 0.15) is 5.69 Å².